The highest BCUT2D eigenvalue weighted by Crippen LogP contribution is 2.35. The molecule has 0 unspecified atom stereocenters. The summed E-state index contributed by atoms with van der Waals surface area (Å²) in [4.78, 5) is 51.9. The van der Waals surface area contributed by atoms with Crippen LogP contribution in [0, 0.1) is 0 Å². The molecule has 0 spiro atoms. The first-order chi connectivity index (χ1) is 16.8. The summed E-state index contributed by atoms with van der Waals surface area (Å²) in [7, 11) is 0. The van der Waals surface area contributed by atoms with Gasteiger partial charge in [0, 0.05) is 11.3 Å². The third kappa shape index (κ3) is 5.68. The number of alkyl halides is 3. The molecule has 0 aromatic heterocycles. The molecule has 3 amide bonds. The lowest BCUT2D eigenvalue weighted by Crippen LogP contribution is -2.47. The van der Waals surface area contributed by atoms with Crippen molar-refractivity contribution < 1.29 is 37.5 Å². The molecule has 0 aliphatic carbocycles. The number of rotatable bonds is 4. The molecule has 0 saturated heterocycles. The van der Waals surface area contributed by atoms with Gasteiger partial charge in [0.25, 0.3) is 5.91 Å². The largest absolute Gasteiger partial charge is 0.490 e. The second kappa shape index (κ2) is 10.2. The summed E-state index contributed by atoms with van der Waals surface area (Å²) in [6, 6.07) is 11.3. The molecule has 5 N–H and O–H groups in total. The minimum atomic E-state index is -5.08. The lowest BCUT2D eigenvalue weighted by Gasteiger charge is -2.24. The molecule has 2 aliphatic heterocycles. The third-order valence-electron chi connectivity index (χ3n) is 5.21. The Morgan fingerprint density at radius 2 is 1.69 bits per heavy atom. The summed E-state index contributed by atoms with van der Waals surface area (Å²) in [5, 5.41) is 12.5. The van der Waals surface area contributed by atoms with E-state index in [0.29, 0.717) is 23.6 Å². The Hall–Kier alpha value is -4.26. The van der Waals surface area contributed by atoms with E-state index in [-0.39, 0.29) is 11.8 Å². The van der Waals surface area contributed by atoms with Crippen LogP contribution in [0.3, 0.4) is 0 Å². The fourth-order valence-electron chi connectivity index (χ4n) is 3.36. The van der Waals surface area contributed by atoms with Gasteiger partial charge in [-0.3, -0.25) is 19.3 Å². The molecule has 190 valence electrons. The number of nitrogens with one attached hydrogen (secondary N) is 2. The maximum absolute atomic E-state index is 12.7. The molecule has 2 aromatic rings. The maximum atomic E-state index is 12.7. The number of nitrogens with zero attached hydrogens (tertiary/aromatic N) is 2. The Morgan fingerprint density at radius 1 is 1.08 bits per heavy atom. The zero-order valence-corrected chi connectivity index (χ0v) is 19.1. The monoisotopic (exact) mass is 505 g/mol. The minimum Gasteiger partial charge on any atom is -0.475 e. The Kier molecular flexibility index (Phi) is 7.43. The molecule has 0 saturated carbocycles. The number of carbonyl (C=O) groups is 4. The summed E-state index contributed by atoms with van der Waals surface area (Å²) in [5.41, 5.74) is 9.15. The van der Waals surface area contributed by atoms with Gasteiger partial charge in [-0.15, -0.1) is 0 Å². The molecule has 4 rings (SSSR count). The topological polar surface area (TPSA) is 154 Å². The van der Waals surface area contributed by atoms with Crippen molar-refractivity contribution in [1.29, 1.82) is 0 Å². The van der Waals surface area contributed by atoms with Gasteiger partial charge in [0.1, 0.15) is 11.9 Å². The first-order valence-electron chi connectivity index (χ1n) is 10.6. The lowest BCUT2D eigenvalue weighted by atomic mass is 10.1. The highest BCUT2D eigenvalue weighted by Gasteiger charge is 2.38. The van der Waals surface area contributed by atoms with Gasteiger partial charge in [0.2, 0.25) is 11.8 Å². The second-order valence-electron chi connectivity index (χ2n) is 8.03. The molecule has 0 radical (unpaired) electrons. The first kappa shape index (κ1) is 26.3. The number of aliphatic imine (C=N–C) groups is 1. The SMILES string of the molecule is C[C@@H](N)C(=O)N[C@H](C)C(=O)Nc1ccc2c(c1)CN1C(=O)c3ccccc3C1=N2.O=C(O)C(F)(F)F. The molecule has 2 aliphatic rings. The van der Waals surface area contributed by atoms with Crippen LogP contribution in [0.4, 0.5) is 24.5 Å². The fourth-order valence-corrected chi connectivity index (χ4v) is 3.36. The third-order valence-corrected chi connectivity index (χ3v) is 5.21. The van der Waals surface area contributed by atoms with Crippen LogP contribution in [0.5, 0.6) is 0 Å². The number of carbonyl (C=O) groups excluding carboxylic acids is 3. The van der Waals surface area contributed by atoms with Crippen LogP contribution in [0.1, 0.15) is 35.3 Å². The molecule has 10 nitrogen and oxygen atoms in total. The van der Waals surface area contributed by atoms with Crippen molar-refractivity contribution in [2.75, 3.05) is 5.32 Å². The van der Waals surface area contributed by atoms with E-state index in [0.717, 1.165) is 16.8 Å². The smallest absolute Gasteiger partial charge is 0.475 e. The Balaban J connectivity index is 0.000000454. The van der Waals surface area contributed by atoms with Gasteiger partial charge in [-0.25, -0.2) is 9.79 Å². The van der Waals surface area contributed by atoms with Crippen LogP contribution in [0.15, 0.2) is 47.5 Å². The van der Waals surface area contributed by atoms with Crippen LogP contribution in [-0.4, -0.2) is 57.8 Å². The number of halogens is 3. The average molecular weight is 505 g/mol. The Bertz CT molecular complexity index is 1260. The summed E-state index contributed by atoms with van der Waals surface area (Å²) in [6.07, 6.45) is -5.08. The highest BCUT2D eigenvalue weighted by molar-refractivity contribution is 6.24. The zero-order valence-electron chi connectivity index (χ0n) is 19.1. The minimum absolute atomic E-state index is 0.0772. The number of fused-ring (bicyclic) bond motifs is 4. The number of hydrogen-bond donors (Lipinski definition) is 4. The number of amidine groups is 1. The molecule has 0 fully saturated rings. The number of amides is 3. The first-order valence-corrected chi connectivity index (χ1v) is 10.6. The summed E-state index contributed by atoms with van der Waals surface area (Å²) in [5.74, 6) is -2.93. The van der Waals surface area contributed by atoms with Gasteiger partial charge in [0.15, 0.2) is 0 Å². The Morgan fingerprint density at radius 3 is 2.28 bits per heavy atom. The summed E-state index contributed by atoms with van der Waals surface area (Å²) >= 11 is 0. The van der Waals surface area contributed by atoms with Gasteiger partial charge in [-0.1, -0.05) is 18.2 Å². The number of aliphatic carboxylic acids is 1. The van der Waals surface area contributed by atoms with Gasteiger partial charge in [-0.05, 0) is 43.7 Å². The lowest BCUT2D eigenvalue weighted by molar-refractivity contribution is -0.192. The molecule has 2 atom stereocenters. The van der Waals surface area contributed by atoms with E-state index in [4.69, 9.17) is 15.6 Å². The summed E-state index contributed by atoms with van der Waals surface area (Å²) < 4.78 is 31.7. The summed E-state index contributed by atoms with van der Waals surface area (Å²) in [6.45, 7) is 3.52. The van der Waals surface area contributed by atoms with Crippen molar-refractivity contribution in [3.8, 4) is 0 Å². The van der Waals surface area contributed by atoms with E-state index in [1.807, 2.05) is 24.3 Å². The Labute approximate surface area is 203 Å². The van der Waals surface area contributed by atoms with Crippen LogP contribution >= 0.6 is 0 Å². The predicted octanol–water partition coefficient (Wildman–Crippen LogP) is 2.16. The molecule has 0 bridgehead atoms. The number of nitrogens with two attached hydrogens (primary N) is 1. The van der Waals surface area contributed by atoms with Gasteiger partial charge < -0.3 is 21.5 Å². The number of anilines is 1. The van der Waals surface area contributed by atoms with Gasteiger partial charge >= 0.3 is 12.1 Å². The maximum Gasteiger partial charge on any atom is 0.490 e. The fraction of sp³-hybridized carbons (Fsp3) is 0.261. The number of carboxylic acid groups (broad SMARTS) is 1. The zero-order chi connectivity index (χ0) is 26.8. The van der Waals surface area contributed by atoms with Crippen molar-refractivity contribution in [2.24, 2.45) is 10.7 Å². The number of carboxylic acids is 1. The average Bonchev–Trinajstić information content (AvgIpc) is 3.08. The van der Waals surface area contributed by atoms with Crippen molar-refractivity contribution in [3.05, 3.63) is 59.2 Å². The molecule has 13 heteroatoms. The molecule has 36 heavy (non-hydrogen) atoms. The van der Waals surface area contributed by atoms with Gasteiger partial charge in [0.05, 0.1) is 23.8 Å². The van der Waals surface area contributed by atoms with E-state index in [1.54, 1.807) is 36.9 Å². The number of hydrogen-bond acceptors (Lipinski definition) is 6. The van der Waals surface area contributed by atoms with E-state index in [2.05, 4.69) is 15.6 Å². The predicted molar refractivity (Wildman–Crippen MR) is 123 cm³/mol. The van der Waals surface area contributed by atoms with E-state index >= 15 is 0 Å². The van der Waals surface area contributed by atoms with Gasteiger partial charge in [-0.2, -0.15) is 13.2 Å². The van der Waals surface area contributed by atoms with E-state index in [1.165, 1.54) is 0 Å². The van der Waals surface area contributed by atoms with Crippen LogP contribution < -0.4 is 16.4 Å². The van der Waals surface area contributed by atoms with Crippen LogP contribution in [0.2, 0.25) is 0 Å². The quantitative estimate of drug-likeness (QED) is 0.499. The van der Waals surface area contributed by atoms with Crippen molar-refractivity contribution in [1.82, 2.24) is 10.2 Å². The molecule has 2 heterocycles. The van der Waals surface area contributed by atoms with Crippen LogP contribution in [-0.2, 0) is 20.9 Å². The van der Waals surface area contributed by atoms with Crippen molar-refractivity contribution in [2.45, 2.75) is 38.7 Å². The van der Waals surface area contributed by atoms with Crippen molar-refractivity contribution in [3.63, 3.8) is 0 Å². The molecule has 2 aromatic carbocycles. The normalized spacial score (nSPS) is 15.2. The van der Waals surface area contributed by atoms with E-state index < -0.39 is 30.1 Å². The van der Waals surface area contributed by atoms with Crippen LogP contribution in [0.25, 0.3) is 0 Å². The number of benzene rings is 2. The second-order valence-corrected chi connectivity index (χ2v) is 8.03. The van der Waals surface area contributed by atoms with E-state index in [9.17, 15) is 27.6 Å². The highest BCUT2D eigenvalue weighted by atomic mass is 19.4. The molecular weight excluding hydrogens is 483 g/mol. The standard InChI is InChI=1S/C21H21N5O3.C2HF3O2/c1-11(22)19(27)23-12(2)20(28)24-14-7-8-17-13(9-14)10-26-18(25-17)15-5-3-4-6-16(15)21(26)29;3-2(4,5)1(6)7/h3-9,11-12H,10,22H2,1-2H3,(H,23,27)(H,24,28);(H,6,7)/t11-,12-;/m1./s1. The van der Waals surface area contributed by atoms with Crippen molar-refractivity contribution >= 4 is 40.9 Å². The molecular formula is C23H22F3N5O5.